The first-order valence-corrected chi connectivity index (χ1v) is 11.5. The van der Waals surface area contributed by atoms with Crippen LogP contribution in [-0.2, 0) is 0 Å². The van der Waals surface area contributed by atoms with E-state index in [0.29, 0.717) is 0 Å². The van der Waals surface area contributed by atoms with Crippen LogP contribution in [0.3, 0.4) is 0 Å². The lowest BCUT2D eigenvalue weighted by Crippen LogP contribution is -1.90. The number of hydrogen-bond acceptors (Lipinski definition) is 0. The minimum atomic E-state index is 0.752. The maximum atomic E-state index is 6.20. The third-order valence-corrected chi connectivity index (χ3v) is 6.60. The van der Waals surface area contributed by atoms with Gasteiger partial charge in [-0.15, -0.1) is 0 Å². The van der Waals surface area contributed by atoms with Crippen LogP contribution < -0.4 is 0 Å². The lowest BCUT2D eigenvalue weighted by Gasteiger charge is -2.18. The predicted molar refractivity (Wildman–Crippen MR) is 143 cm³/mol. The van der Waals surface area contributed by atoms with Crippen molar-refractivity contribution in [2.45, 2.75) is 0 Å². The maximum absolute atomic E-state index is 6.20. The summed E-state index contributed by atoms with van der Waals surface area (Å²) in [4.78, 5) is 0. The van der Waals surface area contributed by atoms with Gasteiger partial charge >= 0.3 is 0 Å². The number of halogens is 1. The van der Waals surface area contributed by atoms with Crippen LogP contribution in [-0.4, -0.2) is 0 Å². The molecule has 0 atom stereocenters. The molecule has 0 nitrogen and oxygen atoms in total. The van der Waals surface area contributed by atoms with Crippen molar-refractivity contribution in [1.82, 2.24) is 0 Å². The Morgan fingerprint density at radius 3 is 1.09 bits per heavy atom. The summed E-state index contributed by atoms with van der Waals surface area (Å²) in [5.41, 5.74) is 7.39. The third kappa shape index (κ3) is 3.50. The van der Waals surface area contributed by atoms with Crippen molar-refractivity contribution >= 4 is 33.1 Å². The summed E-state index contributed by atoms with van der Waals surface area (Å²) in [6, 6.07) is 45.1. The lowest BCUT2D eigenvalue weighted by molar-refractivity contribution is 1.61. The molecule has 0 amide bonds. The first-order chi connectivity index (χ1) is 16.3. The quantitative estimate of drug-likeness (QED) is 0.240. The van der Waals surface area contributed by atoms with E-state index in [2.05, 4.69) is 115 Å². The van der Waals surface area contributed by atoms with E-state index in [1.54, 1.807) is 0 Å². The van der Waals surface area contributed by atoms with Gasteiger partial charge in [0.05, 0.1) is 0 Å². The largest absolute Gasteiger partial charge is 0.0843 e. The Labute approximate surface area is 198 Å². The third-order valence-electron chi connectivity index (χ3n) is 6.35. The molecule has 6 aromatic carbocycles. The van der Waals surface area contributed by atoms with Crippen LogP contribution in [0.25, 0.3) is 54.9 Å². The van der Waals surface area contributed by atoms with E-state index < -0.39 is 0 Å². The van der Waals surface area contributed by atoms with Gasteiger partial charge in [-0.2, -0.15) is 0 Å². The highest BCUT2D eigenvalue weighted by Crippen LogP contribution is 2.43. The van der Waals surface area contributed by atoms with E-state index in [4.69, 9.17) is 11.6 Å². The van der Waals surface area contributed by atoms with Crippen LogP contribution in [0.1, 0.15) is 0 Å². The minimum absolute atomic E-state index is 0.752. The first-order valence-electron chi connectivity index (χ1n) is 11.1. The number of hydrogen-bond donors (Lipinski definition) is 0. The van der Waals surface area contributed by atoms with Gasteiger partial charge in [-0.05, 0) is 67.1 Å². The summed E-state index contributed by atoms with van der Waals surface area (Å²) >= 11 is 6.20. The van der Waals surface area contributed by atoms with Gasteiger partial charge in [0.15, 0.2) is 0 Å². The summed E-state index contributed by atoms with van der Waals surface area (Å²) in [7, 11) is 0. The molecule has 0 unspecified atom stereocenters. The highest BCUT2D eigenvalue weighted by atomic mass is 35.5. The molecule has 6 aromatic rings. The summed E-state index contributed by atoms with van der Waals surface area (Å²) in [6.45, 7) is 0. The number of fused-ring (bicyclic) bond motifs is 2. The summed E-state index contributed by atoms with van der Waals surface area (Å²) in [6.07, 6.45) is 0. The molecule has 156 valence electrons. The van der Waals surface area contributed by atoms with Gasteiger partial charge in [0.25, 0.3) is 0 Å². The Hall–Kier alpha value is -3.87. The highest BCUT2D eigenvalue weighted by molar-refractivity contribution is 6.30. The molecule has 0 aliphatic carbocycles. The van der Waals surface area contributed by atoms with Crippen molar-refractivity contribution < 1.29 is 0 Å². The monoisotopic (exact) mass is 440 g/mol. The van der Waals surface area contributed by atoms with Crippen molar-refractivity contribution in [3.8, 4) is 33.4 Å². The Kier molecular flexibility index (Phi) is 4.94. The van der Waals surface area contributed by atoms with Crippen LogP contribution in [0.15, 0.2) is 127 Å². The summed E-state index contributed by atoms with van der Waals surface area (Å²) < 4.78 is 0. The number of rotatable bonds is 3. The molecule has 0 saturated carbocycles. The molecule has 0 N–H and O–H groups in total. The zero-order valence-corrected chi connectivity index (χ0v) is 18.8. The Bertz CT molecular complexity index is 1520. The molecule has 6 rings (SSSR count). The van der Waals surface area contributed by atoms with Gasteiger partial charge in [0.1, 0.15) is 0 Å². The zero-order chi connectivity index (χ0) is 22.2. The molecule has 0 saturated heterocycles. The fraction of sp³-hybridized carbons (Fsp3) is 0. The van der Waals surface area contributed by atoms with E-state index in [1.807, 2.05) is 12.1 Å². The van der Waals surface area contributed by atoms with Crippen LogP contribution in [0.5, 0.6) is 0 Å². The topological polar surface area (TPSA) is 0 Å². The van der Waals surface area contributed by atoms with Crippen LogP contribution >= 0.6 is 11.6 Å². The molecule has 0 heterocycles. The second kappa shape index (κ2) is 8.24. The van der Waals surface area contributed by atoms with Crippen molar-refractivity contribution in [1.29, 1.82) is 0 Å². The average Bonchev–Trinajstić information content (AvgIpc) is 2.88. The average molecular weight is 441 g/mol. The van der Waals surface area contributed by atoms with Crippen molar-refractivity contribution in [2.75, 3.05) is 0 Å². The van der Waals surface area contributed by atoms with E-state index in [9.17, 15) is 0 Å². The Morgan fingerprint density at radius 2 is 0.636 bits per heavy atom. The fourth-order valence-electron chi connectivity index (χ4n) is 4.83. The molecule has 1 heteroatoms. The molecular formula is C32H21Cl. The molecule has 0 aliphatic heterocycles. The van der Waals surface area contributed by atoms with Crippen LogP contribution in [0.4, 0.5) is 0 Å². The van der Waals surface area contributed by atoms with E-state index in [-0.39, 0.29) is 0 Å². The second-order valence-corrected chi connectivity index (χ2v) is 8.73. The van der Waals surface area contributed by atoms with Gasteiger partial charge in [-0.25, -0.2) is 0 Å². The molecule has 0 aliphatic rings. The summed E-state index contributed by atoms with van der Waals surface area (Å²) in [5, 5.41) is 5.77. The zero-order valence-electron chi connectivity index (χ0n) is 18.0. The SMILES string of the molecule is Clc1ccc(-c2c3ccccc3c(-c3ccc(-c4ccccc4)cc3)c3ccccc23)cc1. The second-order valence-electron chi connectivity index (χ2n) is 8.29. The molecule has 33 heavy (non-hydrogen) atoms. The maximum Gasteiger partial charge on any atom is 0.0406 e. The fourth-order valence-corrected chi connectivity index (χ4v) is 4.95. The van der Waals surface area contributed by atoms with Gasteiger partial charge in [-0.3, -0.25) is 0 Å². The molecule has 0 fully saturated rings. The first kappa shape index (κ1) is 19.8. The van der Waals surface area contributed by atoms with Gasteiger partial charge in [-0.1, -0.05) is 127 Å². The Morgan fingerprint density at radius 1 is 0.303 bits per heavy atom. The molecular weight excluding hydrogens is 420 g/mol. The van der Waals surface area contributed by atoms with Crippen LogP contribution in [0.2, 0.25) is 5.02 Å². The normalized spacial score (nSPS) is 11.2. The predicted octanol–water partition coefficient (Wildman–Crippen LogP) is 9.65. The van der Waals surface area contributed by atoms with Crippen molar-refractivity contribution in [2.24, 2.45) is 0 Å². The van der Waals surface area contributed by atoms with E-state index >= 15 is 0 Å². The molecule has 0 spiro atoms. The van der Waals surface area contributed by atoms with Gasteiger partial charge in [0.2, 0.25) is 0 Å². The Balaban J connectivity index is 1.64. The van der Waals surface area contributed by atoms with Crippen molar-refractivity contribution in [3.05, 3.63) is 132 Å². The van der Waals surface area contributed by atoms with E-state index in [1.165, 1.54) is 54.9 Å². The standard InChI is InChI=1S/C32H21Cl/c33-26-20-18-25(19-21-26)32-29-12-6-4-10-27(29)31(28-11-5-7-13-30(28)32)24-16-14-23(15-17-24)22-8-2-1-3-9-22/h1-21H. The summed E-state index contributed by atoms with van der Waals surface area (Å²) in [5.74, 6) is 0. The van der Waals surface area contributed by atoms with Crippen LogP contribution in [0, 0.1) is 0 Å². The smallest absolute Gasteiger partial charge is 0.0406 e. The van der Waals surface area contributed by atoms with Gasteiger partial charge < -0.3 is 0 Å². The highest BCUT2D eigenvalue weighted by Gasteiger charge is 2.16. The lowest BCUT2D eigenvalue weighted by atomic mass is 9.86. The number of benzene rings is 6. The van der Waals surface area contributed by atoms with E-state index in [0.717, 1.165) is 5.02 Å². The minimum Gasteiger partial charge on any atom is -0.0843 e. The molecule has 0 aromatic heterocycles. The van der Waals surface area contributed by atoms with Gasteiger partial charge in [0, 0.05) is 5.02 Å². The van der Waals surface area contributed by atoms with Crippen molar-refractivity contribution in [3.63, 3.8) is 0 Å². The molecule has 0 bridgehead atoms. The molecule has 0 radical (unpaired) electrons.